The van der Waals surface area contributed by atoms with Crippen LogP contribution in [0.1, 0.15) is 11.1 Å². The molecule has 0 saturated carbocycles. The maximum absolute atomic E-state index is 12.9. The predicted molar refractivity (Wildman–Crippen MR) is 119 cm³/mol. The Morgan fingerprint density at radius 2 is 1.62 bits per heavy atom. The van der Waals surface area contributed by atoms with Gasteiger partial charge in [0.15, 0.2) is 11.5 Å². The number of sulfonamides is 1. The number of carbonyl (C=O) groups is 1. The average Bonchev–Trinajstić information content (AvgIpc) is 2.78. The Bertz CT molecular complexity index is 1100. The molecule has 0 aliphatic carbocycles. The minimum atomic E-state index is -3.96. The molecule has 0 fully saturated rings. The van der Waals surface area contributed by atoms with E-state index >= 15 is 0 Å². The molecular formula is C21H27N3O7S. The number of nitrogens with one attached hydrogen (secondary N) is 1. The molecule has 0 aliphatic rings. The zero-order valence-electron chi connectivity index (χ0n) is 18.8. The Morgan fingerprint density at radius 3 is 2.22 bits per heavy atom. The molecule has 1 N–H and O–H groups in total. The summed E-state index contributed by atoms with van der Waals surface area (Å²) >= 11 is 0. The van der Waals surface area contributed by atoms with Crippen LogP contribution >= 0.6 is 0 Å². The van der Waals surface area contributed by atoms with E-state index in [0.717, 1.165) is 9.87 Å². The molecule has 174 valence electrons. The maximum atomic E-state index is 12.9. The van der Waals surface area contributed by atoms with Gasteiger partial charge in [0.1, 0.15) is 10.6 Å². The first kappa shape index (κ1) is 25.0. The van der Waals surface area contributed by atoms with Crippen LogP contribution in [0.15, 0.2) is 40.3 Å². The second-order valence-electron chi connectivity index (χ2n) is 6.63. The van der Waals surface area contributed by atoms with Crippen LogP contribution in [0.4, 0.5) is 0 Å². The van der Waals surface area contributed by atoms with Gasteiger partial charge in [-0.1, -0.05) is 6.07 Å². The molecule has 0 aromatic heterocycles. The molecule has 0 heterocycles. The lowest BCUT2D eigenvalue weighted by Gasteiger charge is -2.18. The summed E-state index contributed by atoms with van der Waals surface area (Å²) in [5.74, 6) is 0.794. The van der Waals surface area contributed by atoms with Crippen molar-refractivity contribution in [3.8, 4) is 23.0 Å². The number of hydrogen-bond donors (Lipinski definition) is 1. The fourth-order valence-electron chi connectivity index (χ4n) is 2.88. The number of hydrazone groups is 1. The van der Waals surface area contributed by atoms with E-state index in [0.29, 0.717) is 22.8 Å². The third-order valence-corrected chi connectivity index (χ3v) is 6.33. The van der Waals surface area contributed by atoms with Crippen molar-refractivity contribution < 1.29 is 32.2 Å². The number of hydrogen-bond acceptors (Lipinski definition) is 8. The Balaban J connectivity index is 2.13. The van der Waals surface area contributed by atoms with Crippen molar-refractivity contribution in [2.75, 3.05) is 42.0 Å². The summed E-state index contributed by atoms with van der Waals surface area (Å²) < 4.78 is 47.7. The van der Waals surface area contributed by atoms with Gasteiger partial charge in [-0.2, -0.15) is 9.41 Å². The monoisotopic (exact) mass is 465 g/mol. The molecule has 0 atom stereocenters. The molecule has 10 nitrogen and oxygen atoms in total. The predicted octanol–water partition coefficient (Wildman–Crippen LogP) is 1.80. The van der Waals surface area contributed by atoms with Crippen LogP contribution in [-0.2, 0) is 14.8 Å². The Hall–Kier alpha value is -3.31. The Morgan fingerprint density at radius 1 is 1.00 bits per heavy atom. The second-order valence-corrected chi connectivity index (χ2v) is 8.65. The molecule has 11 heteroatoms. The molecule has 2 aromatic carbocycles. The van der Waals surface area contributed by atoms with Crippen LogP contribution in [0.25, 0.3) is 0 Å². The number of ether oxygens (including phenoxy) is 4. The van der Waals surface area contributed by atoms with E-state index in [-0.39, 0.29) is 10.6 Å². The number of methoxy groups -OCH3 is 4. The van der Waals surface area contributed by atoms with Crippen molar-refractivity contribution in [2.24, 2.45) is 5.10 Å². The van der Waals surface area contributed by atoms with Crippen molar-refractivity contribution in [1.29, 1.82) is 0 Å². The van der Waals surface area contributed by atoms with Crippen LogP contribution in [0.3, 0.4) is 0 Å². The summed E-state index contributed by atoms with van der Waals surface area (Å²) in [6.07, 6.45) is 1.36. The van der Waals surface area contributed by atoms with E-state index in [1.54, 1.807) is 31.2 Å². The van der Waals surface area contributed by atoms with E-state index in [2.05, 4.69) is 10.5 Å². The number of nitrogens with zero attached hydrogens (tertiary/aromatic N) is 2. The minimum Gasteiger partial charge on any atom is -0.495 e. The third kappa shape index (κ3) is 5.48. The van der Waals surface area contributed by atoms with Gasteiger partial charge in [-0.25, -0.2) is 13.8 Å². The van der Waals surface area contributed by atoms with Crippen molar-refractivity contribution in [1.82, 2.24) is 9.73 Å². The quantitative estimate of drug-likeness (QED) is 0.420. The number of benzene rings is 2. The van der Waals surface area contributed by atoms with E-state index in [9.17, 15) is 13.2 Å². The highest BCUT2D eigenvalue weighted by Crippen LogP contribution is 2.39. The largest absolute Gasteiger partial charge is 0.495 e. The van der Waals surface area contributed by atoms with Gasteiger partial charge < -0.3 is 18.9 Å². The molecule has 0 unspecified atom stereocenters. The zero-order valence-corrected chi connectivity index (χ0v) is 19.6. The van der Waals surface area contributed by atoms with E-state index in [1.165, 1.54) is 47.8 Å². The van der Waals surface area contributed by atoms with E-state index in [1.807, 2.05) is 0 Å². The summed E-state index contributed by atoms with van der Waals surface area (Å²) in [5, 5.41) is 3.89. The number of likely N-dealkylation sites (N-methyl/N-ethyl adjacent to an activating group) is 1. The highest BCUT2D eigenvalue weighted by molar-refractivity contribution is 7.89. The van der Waals surface area contributed by atoms with E-state index in [4.69, 9.17) is 18.9 Å². The van der Waals surface area contributed by atoms with Gasteiger partial charge in [0.05, 0.1) is 41.2 Å². The van der Waals surface area contributed by atoms with Gasteiger partial charge in [0, 0.05) is 12.6 Å². The molecule has 0 bridgehead atoms. The van der Waals surface area contributed by atoms with Crippen LogP contribution in [0.2, 0.25) is 0 Å². The summed E-state index contributed by atoms with van der Waals surface area (Å²) in [5.41, 5.74) is 3.58. The lowest BCUT2D eigenvalue weighted by atomic mass is 10.2. The van der Waals surface area contributed by atoms with Gasteiger partial charge in [-0.3, -0.25) is 4.79 Å². The molecule has 32 heavy (non-hydrogen) atoms. The standard InChI is InChI=1S/C21H27N3O7S/c1-14-7-9-16(28-3)18(11-14)32(26,27)24(2)13-19(25)23-22-12-15-8-10-17(29-4)21(31-6)20(15)30-5/h7-12H,13H2,1-6H3,(H,23,25)/b22-12+. The molecular weight excluding hydrogens is 438 g/mol. The van der Waals surface area contributed by atoms with Crippen LogP contribution in [-0.4, -0.2) is 66.9 Å². The van der Waals surface area contributed by atoms with Crippen LogP contribution in [0, 0.1) is 6.92 Å². The third-order valence-electron chi connectivity index (χ3n) is 4.50. The van der Waals surface area contributed by atoms with Gasteiger partial charge in [0.2, 0.25) is 15.8 Å². The fraction of sp³-hybridized carbons (Fsp3) is 0.333. The second kappa shape index (κ2) is 10.8. The average molecular weight is 466 g/mol. The van der Waals surface area contributed by atoms with Gasteiger partial charge in [-0.15, -0.1) is 0 Å². The van der Waals surface area contributed by atoms with Crippen LogP contribution in [0.5, 0.6) is 23.0 Å². The highest BCUT2D eigenvalue weighted by Gasteiger charge is 2.26. The first-order chi connectivity index (χ1) is 15.2. The summed E-state index contributed by atoms with van der Waals surface area (Å²) in [7, 11) is 3.17. The normalized spacial score (nSPS) is 11.5. The minimum absolute atomic E-state index is 0.0196. The number of rotatable bonds is 10. The first-order valence-electron chi connectivity index (χ1n) is 9.41. The summed E-state index contributed by atoms with van der Waals surface area (Å²) in [6, 6.07) is 8.14. The maximum Gasteiger partial charge on any atom is 0.255 e. The molecule has 0 saturated heterocycles. The van der Waals surface area contributed by atoms with Gasteiger partial charge >= 0.3 is 0 Å². The molecule has 0 radical (unpaired) electrons. The Labute approximate surface area is 187 Å². The van der Waals surface area contributed by atoms with Crippen molar-refractivity contribution in [3.63, 3.8) is 0 Å². The summed E-state index contributed by atoms with van der Waals surface area (Å²) in [4.78, 5) is 12.3. The fourth-order valence-corrected chi connectivity index (χ4v) is 4.24. The van der Waals surface area contributed by atoms with Gasteiger partial charge in [-0.05, 0) is 36.8 Å². The topological polar surface area (TPSA) is 116 Å². The van der Waals surface area contributed by atoms with Crippen molar-refractivity contribution >= 4 is 22.1 Å². The molecule has 2 aromatic rings. The smallest absolute Gasteiger partial charge is 0.255 e. The molecule has 0 aliphatic heterocycles. The van der Waals surface area contributed by atoms with E-state index < -0.39 is 22.5 Å². The lowest BCUT2D eigenvalue weighted by molar-refractivity contribution is -0.121. The molecule has 1 amide bonds. The van der Waals surface area contributed by atoms with Crippen molar-refractivity contribution in [3.05, 3.63) is 41.5 Å². The number of carbonyl (C=O) groups excluding carboxylic acids is 1. The lowest BCUT2D eigenvalue weighted by Crippen LogP contribution is -2.36. The zero-order chi connectivity index (χ0) is 23.9. The number of aryl methyl sites for hydroxylation is 1. The van der Waals surface area contributed by atoms with Crippen LogP contribution < -0.4 is 24.4 Å². The van der Waals surface area contributed by atoms with Gasteiger partial charge in [0.25, 0.3) is 5.91 Å². The molecule has 0 spiro atoms. The summed E-state index contributed by atoms with van der Waals surface area (Å²) in [6.45, 7) is 1.32. The molecule has 2 rings (SSSR count). The Kier molecular flexibility index (Phi) is 8.44. The first-order valence-corrected chi connectivity index (χ1v) is 10.8. The highest BCUT2D eigenvalue weighted by atomic mass is 32.2. The van der Waals surface area contributed by atoms with Crippen molar-refractivity contribution in [2.45, 2.75) is 11.8 Å². The number of amides is 1. The SMILES string of the molecule is COc1ccc(C)cc1S(=O)(=O)N(C)CC(=O)N/N=C/c1ccc(OC)c(OC)c1OC.